The van der Waals surface area contributed by atoms with E-state index in [1.165, 1.54) is 24.3 Å². The van der Waals surface area contributed by atoms with Crippen LogP contribution in [0.5, 0.6) is 11.5 Å². The van der Waals surface area contributed by atoms with E-state index >= 15 is 0 Å². The average molecular weight is 488 g/mol. The van der Waals surface area contributed by atoms with Gasteiger partial charge in [-0.15, -0.1) is 0 Å². The number of nitrogen functional groups attached to an aromatic ring is 2. The molecule has 0 saturated heterocycles. The fourth-order valence-corrected chi connectivity index (χ4v) is 3.51. The molecule has 0 aliphatic carbocycles. The summed E-state index contributed by atoms with van der Waals surface area (Å²) in [5, 5.41) is 0. The van der Waals surface area contributed by atoms with E-state index in [0.717, 1.165) is 24.3 Å². The van der Waals surface area contributed by atoms with Crippen molar-refractivity contribution in [1.29, 1.82) is 0 Å². The Hall–Kier alpha value is -4.14. The molecule has 0 aliphatic heterocycles. The first kappa shape index (κ1) is 24.0. The summed E-state index contributed by atoms with van der Waals surface area (Å²) in [7, 11) is 0. The van der Waals surface area contributed by atoms with Gasteiger partial charge in [-0.05, 0) is 71.8 Å². The average Bonchev–Trinajstić information content (AvgIpc) is 2.80. The smallest absolute Gasteiger partial charge is 0.416 e. The third-order valence-electron chi connectivity index (χ3n) is 5.33. The van der Waals surface area contributed by atoms with Crippen molar-refractivity contribution in [2.75, 3.05) is 11.5 Å². The van der Waals surface area contributed by atoms with Crippen LogP contribution in [0.2, 0.25) is 0 Å². The van der Waals surface area contributed by atoms with Crippen molar-refractivity contribution in [2.24, 2.45) is 0 Å². The Bertz CT molecular complexity index is 1240. The van der Waals surface area contributed by atoms with Crippen molar-refractivity contribution in [3.8, 4) is 33.8 Å². The second-order valence-electron chi connectivity index (χ2n) is 7.75. The number of anilines is 2. The van der Waals surface area contributed by atoms with E-state index in [-0.39, 0.29) is 0 Å². The van der Waals surface area contributed by atoms with Gasteiger partial charge in [0.25, 0.3) is 0 Å². The molecule has 4 aromatic rings. The van der Waals surface area contributed by atoms with Crippen molar-refractivity contribution in [3.05, 3.63) is 96.1 Å². The van der Waals surface area contributed by atoms with Crippen molar-refractivity contribution >= 4 is 11.4 Å². The first-order valence-corrected chi connectivity index (χ1v) is 10.2. The molecule has 0 aromatic heterocycles. The van der Waals surface area contributed by atoms with Crippen molar-refractivity contribution < 1.29 is 31.1 Å². The fraction of sp³-hybridized carbons (Fsp3) is 0.0769. The summed E-state index contributed by atoms with van der Waals surface area (Å²) in [5.74, 6) is 0.717. The molecule has 0 atom stereocenters. The van der Waals surface area contributed by atoms with E-state index in [4.69, 9.17) is 16.2 Å². The highest BCUT2D eigenvalue weighted by Gasteiger charge is 2.30. The van der Waals surface area contributed by atoms with E-state index < -0.39 is 23.5 Å². The summed E-state index contributed by atoms with van der Waals surface area (Å²) < 4.78 is 83.1. The van der Waals surface area contributed by atoms with Crippen LogP contribution in [0.25, 0.3) is 22.3 Å². The Morgan fingerprint density at radius 1 is 0.486 bits per heavy atom. The number of ether oxygens (including phenoxy) is 1. The zero-order valence-corrected chi connectivity index (χ0v) is 17.9. The summed E-state index contributed by atoms with van der Waals surface area (Å²) in [6.45, 7) is 0. The molecular weight excluding hydrogens is 470 g/mol. The third-order valence-corrected chi connectivity index (χ3v) is 5.33. The predicted octanol–water partition coefficient (Wildman–Crippen LogP) is 8.01. The van der Waals surface area contributed by atoms with E-state index in [1.54, 1.807) is 36.4 Å². The molecule has 0 saturated carbocycles. The maximum atomic E-state index is 12.9. The molecule has 0 heterocycles. The molecule has 4 aromatic carbocycles. The standard InChI is InChI=1S/C26H18F6N2O/c27-25(28,29)17-5-1-15(2-6-17)21-13-19(9-11-23(21)33)35-20-10-12-24(34)22(14-20)16-3-7-18(8-4-16)26(30,31)32/h1-14H,33-34H2. The van der Waals surface area contributed by atoms with Crippen molar-refractivity contribution in [1.82, 2.24) is 0 Å². The van der Waals surface area contributed by atoms with Gasteiger partial charge in [0.15, 0.2) is 0 Å². The van der Waals surface area contributed by atoms with Gasteiger partial charge in [0.1, 0.15) is 11.5 Å². The first-order valence-electron chi connectivity index (χ1n) is 10.2. The molecule has 0 fully saturated rings. The van der Waals surface area contributed by atoms with Gasteiger partial charge in [0.05, 0.1) is 11.1 Å². The second kappa shape index (κ2) is 8.90. The number of halogens is 6. The number of alkyl halides is 6. The highest BCUT2D eigenvalue weighted by Crippen LogP contribution is 2.37. The van der Waals surface area contributed by atoms with E-state index in [0.29, 0.717) is 45.1 Å². The van der Waals surface area contributed by atoms with Gasteiger partial charge in [-0.3, -0.25) is 0 Å². The monoisotopic (exact) mass is 488 g/mol. The highest BCUT2D eigenvalue weighted by atomic mass is 19.4. The lowest BCUT2D eigenvalue weighted by Gasteiger charge is -2.14. The van der Waals surface area contributed by atoms with Crippen LogP contribution >= 0.6 is 0 Å². The third kappa shape index (κ3) is 5.34. The van der Waals surface area contributed by atoms with E-state index in [1.807, 2.05) is 0 Å². The van der Waals surface area contributed by atoms with Crippen LogP contribution in [-0.2, 0) is 12.4 Å². The van der Waals surface area contributed by atoms with Gasteiger partial charge in [0.2, 0.25) is 0 Å². The van der Waals surface area contributed by atoms with Crippen molar-refractivity contribution in [2.45, 2.75) is 12.4 Å². The Balaban J connectivity index is 1.62. The lowest BCUT2D eigenvalue weighted by molar-refractivity contribution is -0.138. The van der Waals surface area contributed by atoms with Crippen LogP contribution in [0.4, 0.5) is 37.7 Å². The summed E-state index contributed by atoms with van der Waals surface area (Å²) >= 11 is 0. The topological polar surface area (TPSA) is 61.3 Å². The molecule has 0 amide bonds. The molecule has 3 nitrogen and oxygen atoms in total. The summed E-state index contributed by atoms with van der Waals surface area (Å²) in [6.07, 6.45) is -8.90. The van der Waals surface area contributed by atoms with Gasteiger partial charge < -0.3 is 16.2 Å². The fourth-order valence-electron chi connectivity index (χ4n) is 3.51. The molecule has 35 heavy (non-hydrogen) atoms. The molecule has 0 aliphatic rings. The minimum Gasteiger partial charge on any atom is -0.457 e. The Morgan fingerprint density at radius 3 is 1.14 bits per heavy atom. The van der Waals surface area contributed by atoms with Gasteiger partial charge in [-0.25, -0.2) is 0 Å². The van der Waals surface area contributed by atoms with Crippen LogP contribution in [0, 0.1) is 0 Å². The van der Waals surface area contributed by atoms with Crippen LogP contribution in [0.3, 0.4) is 0 Å². The molecule has 9 heteroatoms. The first-order chi connectivity index (χ1) is 16.4. The molecule has 4 N–H and O–H groups in total. The minimum absolute atomic E-state index is 0.347. The maximum absolute atomic E-state index is 12.9. The molecule has 180 valence electrons. The predicted molar refractivity (Wildman–Crippen MR) is 123 cm³/mol. The van der Waals surface area contributed by atoms with Gasteiger partial charge in [-0.2, -0.15) is 26.3 Å². The SMILES string of the molecule is Nc1ccc(Oc2ccc(N)c(-c3ccc(C(F)(F)F)cc3)c2)cc1-c1ccc(C(F)(F)F)cc1. The largest absolute Gasteiger partial charge is 0.457 e. The van der Waals surface area contributed by atoms with Gasteiger partial charge in [-0.1, -0.05) is 24.3 Å². The lowest BCUT2D eigenvalue weighted by atomic mass is 10.0. The molecule has 0 radical (unpaired) electrons. The zero-order valence-electron chi connectivity index (χ0n) is 17.9. The van der Waals surface area contributed by atoms with Crippen molar-refractivity contribution in [3.63, 3.8) is 0 Å². The molecule has 0 bridgehead atoms. The number of rotatable bonds is 4. The molecular formula is C26H18F6N2O. The Labute approximate surface area is 196 Å². The normalized spacial score (nSPS) is 11.9. The maximum Gasteiger partial charge on any atom is 0.416 e. The van der Waals surface area contributed by atoms with Crippen LogP contribution in [0.15, 0.2) is 84.9 Å². The second-order valence-corrected chi connectivity index (χ2v) is 7.75. The number of hydrogen-bond acceptors (Lipinski definition) is 3. The quantitative estimate of drug-likeness (QED) is 0.226. The number of hydrogen-bond donors (Lipinski definition) is 2. The molecule has 0 unspecified atom stereocenters. The van der Waals surface area contributed by atoms with Crippen LogP contribution in [0.1, 0.15) is 11.1 Å². The van der Waals surface area contributed by atoms with Gasteiger partial charge in [0, 0.05) is 22.5 Å². The van der Waals surface area contributed by atoms with Crippen LogP contribution in [-0.4, -0.2) is 0 Å². The molecule has 4 rings (SSSR count). The summed E-state index contributed by atoms with van der Waals surface area (Å²) in [4.78, 5) is 0. The molecule has 0 spiro atoms. The summed E-state index contributed by atoms with van der Waals surface area (Å²) in [6, 6.07) is 18.7. The van der Waals surface area contributed by atoms with Gasteiger partial charge >= 0.3 is 12.4 Å². The highest BCUT2D eigenvalue weighted by molar-refractivity contribution is 5.79. The Morgan fingerprint density at radius 2 is 0.829 bits per heavy atom. The van der Waals surface area contributed by atoms with E-state index in [2.05, 4.69) is 0 Å². The van der Waals surface area contributed by atoms with Crippen LogP contribution < -0.4 is 16.2 Å². The zero-order chi connectivity index (χ0) is 25.4. The lowest BCUT2D eigenvalue weighted by Crippen LogP contribution is -2.04. The Kier molecular flexibility index (Phi) is 6.10. The minimum atomic E-state index is -4.45. The number of benzene rings is 4. The summed E-state index contributed by atoms with van der Waals surface area (Å²) in [5.41, 5.74) is 13.1. The number of nitrogens with two attached hydrogens (primary N) is 2. The van der Waals surface area contributed by atoms with E-state index in [9.17, 15) is 26.3 Å².